The molecule has 0 aromatic heterocycles. The standard InChI is InChI=1S/C20H17ClFNO4S/c1-3-27-18-12(6-4-9-16(18)26-2)10-17-19(24)23(20(25)28-17)11-13-14(21)7-5-8-15(13)22/h4-10H,3,11H2,1-2H3/b17-10+. The van der Waals surface area contributed by atoms with E-state index >= 15 is 0 Å². The largest absolute Gasteiger partial charge is 0.493 e. The van der Waals surface area contributed by atoms with Crippen LogP contribution in [0.25, 0.3) is 6.08 Å². The Hall–Kier alpha value is -2.51. The fourth-order valence-corrected chi connectivity index (χ4v) is 3.78. The number of halogens is 2. The molecule has 2 amide bonds. The molecule has 8 heteroatoms. The van der Waals surface area contributed by atoms with E-state index in [1.54, 1.807) is 24.3 Å². The molecule has 0 atom stereocenters. The number of methoxy groups -OCH3 is 1. The van der Waals surface area contributed by atoms with E-state index in [-0.39, 0.29) is 22.0 Å². The highest BCUT2D eigenvalue weighted by atomic mass is 35.5. The van der Waals surface area contributed by atoms with Crippen LogP contribution < -0.4 is 9.47 Å². The molecule has 0 saturated carbocycles. The number of para-hydroxylation sites is 1. The van der Waals surface area contributed by atoms with Crippen molar-refractivity contribution in [3.8, 4) is 11.5 Å². The zero-order chi connectivity index (χ0) is 20.3. The van der Waals surface area contributed by atoms with Crippen LogP contribution in [0.4, 0.5) is 9.18 Å². The third kappa shape index (κ3) is 4.00. The normalized spacial score (nSPS) is 15.4. The van der Waals surface area contributed by atoms with Gasteiger partial charge in [0.2, 0.25) is 0 Å². The Labute approximate surface area is 171 Å². The lowest BCUT2D eigenvalue weighted by molar-refractivity contribution is -0.123. The number of nitrogens with zero attached hydrogens (tertiary/aromatic N) is 1. The Morgan fingerprint density at radius 2 is 1.96 bits per heavy atom. The summed E-state index contributed by atoms with van der Waals surface area (Å²) in [6.45, 7) is 2.01. The minimum Gasteiger partial charge on any atom is -0.493 e. The van der Waals surface area contributed by atoms with Crippen molar-refractivity contribution in [3.05, 3.63) is 63.3 Å². The number of hydrogen-bond acceptors (Lipinski definition) is 5. The molecule has 0 spiro atoms. The summed E-state index contributed by atoms with van der Waals surface area (Å²) >= 11 is 6.80. The van der Waals surface area contributed by atoms with Crippen molar-refractivity contribution in [2.24, 2.45) is 0 Å². The topological polar surface area (TPSA) is 55.8 Å². The summed E-state index contributed by atoms with van der Waals surface area (Å²) in [5, 5.41) is -0.328. The fourth-order valence-electron chi connectivity index (χ4n) is 2.73. The minimum atomic E-state index is -0.568. The summed E-state index contributed by atoms with van der Waals surface area (Å²) in [7, 11) is 1.52. The first kappa shape index (κ1) is 20.2. The van der Waals surface area contributed by atoms with E-state index in [1.807, 2.05) is 6.92 Å². The molecule has 0 bridgehead atoms. The second-order valence-electron chi connectivity index (χ2n) is 5.78. The summed E-state index contributed by atoms with van der Waals surface area (Å²) in [5.74, 6) is -0.0778. The smallest absolute Gasteiger partial charge is 0.293 e. The van der Waals surface area contributed by atoms with Crippen molar-refractivity contribution in [1.29, 1.82) is 0 Å². The summed E-state index contributed by atoms with van der Waals surface area (Å²) < 4.78 is 25.0. The van der Waals surface area contributed by atoms with Gasteiger partial charge in [0.1, 0.15) is 5.82 Å². The van der Waals surface area contributed by atoms with E-state index in [2.05, 4.69) is 0 Å². The second kappa shape index (κ2) is 8.67. The van der Waals surface area contributed by atoms with E-state index < -0.39 is 17.0 Å². The van der Waals surface area contributed by atoms with Gasteiger partial charge >= 0.3 is 0 Å². The highest BCUT2D eigenvalue weighted by molar-refractivity contribution is 8.18. The lowest BCUT2D eigenvalue weighted by Gasteiger charge is -2.14. The first-order chi connectivity index (χ1) is 13.5. The third-order valence-electron chi connectivity index (χ3n) is 4.06. The van der Waals surface area contributed by atoms with Crippen LogP contribution in [0.2, 0.25) is 5.02 Å². The maximum Gasteiger partial charge on any atom is 0.293 e. The molecule has 2 aromatic carbocycles. The zero-order valence-corrected chi connectivity index (χ0v) is 16.8. The molecule has 146 valence electrons. The molecular weight excluding hydrogens is 405 g/mol. The van der Waals surface area contributed by atoms with Crippen LogP contribution in [0.3, 0.4) is 0 Å². The van der Waals surface area contributed by atoms with Crippen LogP contribution in [-0.2, 0) is 11.3 Å². The molecule has 1 fully saturated rings. The third-order valence-corrected chi connectivity index (χ3v) is 5.32. The Bertz CT molecular complexity index is 943. The van der Waals surface area contributed by atoms with Crippen LogP contribution in [0.15, 0.2) is 41.3 Å². The molecule has 1 aliphatic heterocycles. The number of thioether (sulfide) groups is 1. The zero-order valence-electron chi connectivity index (χ0n) is 15.2. The van der Waals surface area contributed by atoms with Crippen LogP contribution in [0, 0.1) is 5.82 Å². The monoisotopic (exact) mass is 421 g/mol. The van der Waals surface area contributed by atoms with Gasteiger partial charge in [0.05, 0.1) is 25.2 Å². The summed E-state index contributed by atoms with van der Waals surface area (Å²) in [6, 6.07) is 9.48. The van der Waals surface area contributed by atoms with Gasteiger partial charge < -0.3 is 9.47 Å². The summed E-state index contributed by atoms with van der Waals surface area (Å²) in [4.78, 5) is 26.3. The van der Waals surface area contributed by atoms with Gasteiger partial charge in [-0.1, -0.05) is 29.8 Å². The maximum absolute atomic E-state index is 14.0. The number of carbonyl (C=O) groups is 2. The van der Waals surface area contributed by atoms with Crippen LogP contribution >= 0.6 is 23.4 Å². The number of hydrogen-bond donors (Lipinski definition) is 0. The van der Waals surface area contributed by atoms with Crippen molar-refractivity contribution in [3.63, 3.8) is 0 Å². The Morgan fingerprint density at radius 3 is 2.64 bits per heavy atom. The summed E-state index contributed by atoms with van der Waals surface area (Å²) in [5.41, 5.74) is 0.708. The lowest BCUT2D eigenvalue weighted by atomic mass is 10.1. The van der Waals surface area contributed by atoms with Gasteiger partial charge in [-0.05, 0) is 43.0 Å². The highest BCUT2D eigenvalue weighted by Gasteiger charge is 2.36. The fraction of sp³-hybridized carbons (Fsp3) is 0.200. The van der Waals surface area contributed by atoms with Crippen LogP contribution in [-0.4, -0.2) is 29.8 Å². The van der Waals surface area contributed by atoms with Crippen LogP contribution in [0.5, 0.6) is 11.5 Å². The van der Waals surface area contributed by atoms with E-state index in [9.17, 15) is 14.0 Å². The lowest BCUT2D eigenvalue weighted by Crippen LogP contribution is -2.28. The molecule has 2 aromatic rings. The molecule has 0 unspecified atom stereocenters. The molecule has 1 saturated heterocycles. The molecule has 28 heavy (non-hydrogen) atoms. The number of benzene rings is 2. The quantitative estimate of drug-likeness (QED) is 0.606. The first-order valence-corrected chi connectivity index (χ1v) is 9.63. The second-order valence-corrected chi connectivity index (χ2v) is 7.18. The molecule has 0 aliphatic carbocycles. The Balaban J connectivity index is 1.92. The van der Waals surface area contributed by atoms with Crippen molar-refractivity contribution in [2.75, 3.05) is 13.7 Å². The van der Waals surface area contributed by atoms with Crippen molar-refractivity contribution >= 4 is 40.6 Å². The predicted molar refractivity (Wildman–Crippen MR) is 107 cm³/mol. The van der Waals surface area contributed by atoms with Gasteiger partial charge in [-0.2, -0.15) is 0 Å². The van der Waals surface area contributed by atoms with Gasteiger partial charge in [-0.25, -0.2) is 4.39 Å². The molecule has 1 aliphatic rings. The van der Waals surface area contributed by atoms with Gasteiger partial charge in [-0.15, -0.1) is 0 Å². The molecule has 0 N–H and O–H groups in total. The van der Waals surface area contributed by atoms with Gasteiger partial charge in [0.15, 0.2) is 11.5 Å². The SMILES string of the molecule is CCOc1c(/C=C2/SC(=O)N(Cc3c(F)cccc3Cl)C2=O)cccc1OC. The predicted octanol–water partition coefficient (Wildman–Crippen LogP) is 5.12. The van der Waals surface area contributed by atoms with Gasteiger partial charge in [0.25, 0.3) is 11.1 Å². The van der Waals surface area contributed by atoms with Gasteiger partial charge in [0, 0.05) is 16.1 Å². The van der Waals surface area contributed by atoms with Crippen molar-refractivity contribution in [2.45, 2.75) is 13.5 Å². The Morgan fingerprint density at radius 1 is 1.21 bits per heavy atom. The average Bonchev–Trinajstić information content (AvgIpc) is 2.93. The minimum absolute atomic E-state index is 0.101. The van der Waals surface area contributed by atoms with Gasteiger partial charge in [-0.3, -0.25) is 14.5 Å². The highest BCUT2D eigenvalue weighted by Crippen LogP contribution is 2.38. The number of ether oxygens (including phenoxy) is 2. The molecular formula is C20H17ClFNO4S. The summed E-state index contributed by atoms with van der Waals surface area (Å²) in [6.07, 6.45) is 1.57. The number of carbonyl (C=O) groups excluding carboxylic acids is 2. The maximum atomic E-state index is 14.0. The first-order valence-electron chi connectivity index (χ1n) is 8.44. The molecule has 1 heterocycles. The van der Waals surface area contributed by atoms with E-state index in [0.717, 1.165) is 16.7 Å². The van der Waals surface area contributed by atoms with E-state index in [1.165, 1.54) is 25.3 Å². The number of imide groups is 1. The van der Waals surface area contributed by atoms with Crippen LogP contribution in [0.1, 0.15) is 18.1 Å². The Kier molecular flexibility index (Phi) is 6.26. The number of amides is 2. The molecule has 5 nitrogen and oxygen atoms in total. The van der Waals surface area contributed by atoms with E-state index in [4.69, 9.17) is 21.1 Å². The van der Waals surface area contributed by atoms with E-state index in [0.29, 0.717) is 23.7 Å². The molecule has 3 rings (SSSR count). The number of rotatable bonds is 6. The average molecular weight is 422 g/mol. The van der Waals surface area contributed by atoms with Crippen molar-refractivity contribution < 1.29 is 23.5 Å². The van der Waals surface area contributed by atoms with Crippen molar-refractivity contribution in [1.82, 2.24) is 4.90 Å². The molecule has 0 radical (unpaired) electrons.